The number of amides is 2. The van der Waals surface area contributed by atoms with Gasteiger partial charge >= 0.3 is 0 Å². The Bertz CT molecular complexity index is 838. The van der Waals surface area contributed by atoms with Crippen LogP contribution in [0, 0.1) is 5.92 Å². The molecule has 2 amide bonds. The molecule has 144 valence electrons. The standard InChI is InChI=1S/C20H27N5O2/c1-2-7-21-18(26)11-13-3-4-16-15(10-13)19(24-23-16)20(27)22-17-12-25-8-5-14(17)6-9-25/h3-4,10,14,17H,2,5-9,11-12H2,1H3,(H,21,26)(H,22,27)(H,23,24)/t17-/m0/s1. The number of piperidine rings is 3. The predicted octanol–water partition coefficient (Wildman–Crippen LogP) is 1.46. The second-order valence-electron chi connectivity index (χ2n) is 7.70. The Kier molecular flexibility index (Phi) is 5.11. The summed E-state index contributed by atoms with van der Waals surface area (Å²) in [4.78, 5) is 27.2. The van der Waals surface area contributed by atoms with Gasteiger partial charge < -0.3 is 15.5 Å². The van der Waals surface area contributed by atoms with E-state index in [1.807, 2.05) is 25.1 Å². The van der Waals surface area contributed by atoms with Gasteiger partial charge in [-0.05, 0) is 56.0 Å². The first-order valence-corrected chi connectivity index (χ1v) is 9.91. The zero-order valence-electron chi connectivity index (χ0n) is 15.8. The maximum Gasteiger partial charge on any atom is 0.272 e. The van der Waals surface area contributed by atoms with Gasteiger partial charge in [-0.15, -0.1) is 0 Å². The molecule has 0 radical (unpaired) electrons. The number of rotatable bonds is 6. The summed E-state index contributed by atoms with van der Waals surface area (Å²) in [6.45, 7) is 5.93. The monoisotopic (exact) mass is 369 g/mol. The van der Waals surface area contributed by atoms with Gasteiger partial charge in [0, 0.05) is 24.5 Å². The molecule has 7 nitrogen and oxygen atoms in total. The summed E-state index contributed by atoms with van der Waals surface area (Å²) in [6.07, 6.45) is 3.53. The number of aromatic nitrogens is 2. The normalized spacial score (nSPS) is 24.1. The number of carbonyl (C=O) groups excluding carboxylic acids is 2. The Morgan fingerprint density at radius 3 is 2.81 bits per heavy atom. The lowest BCUT2D eigenvalue weighted by atomic mass is 9.84. The van der Waals surface area contributed by atoms with E-state index in [2.05, 4.69) is 25.7 Å². The number of H-pyrrole nitrogens is 1. The molecular formula is C20H27N5O2. The molecule has 3 aliphatic heterocycles. The average molecular weight is 369 g/mol. The van der Waals surface area contributed by atoms with Crippen LogP contribution in [0.5, 0.6) is 0 Å². The molecule has 0 unspecified atom stereocenters. The van der Waals surface area contributed by atoms with Gasteiger partial charge in [-0.3, -0.25) is 14.7 Å². The van der Waals surface area contributed by atoms with Gasteiger partial charge in [-0.25, -0.2) is 0 Å². The summed E-state index contributed by atoms with van der Waals surface area (Å²) in [5, 5.41) is 14.0. The average Bonchev–Trinajstić information content (AvgIpc) is 3.10. The van der Waals surface area contributed by atoms with E-state index < -0.39 is 0 Å². The van der Waals surface area contributed by atoms with Crippen LogP contribution in [0.4, 0.5) is 0 Å². The number of nitrogens with one attached hydrogen (secondary N) is 3. The Morgan fingerprint density at radius 2 is 2.11 bits per heavy atom. The van der Waals surface area contributed by atoms with Crippen LogP contribution in [0.1, 0.15) is 42.2 Å². The minimum absolute atomic E-state index is 0.00187. The fourth-order valence-electron chi connectivity index (χ4n) is 4.22. The predicted molar refractivity (Wildman–Crippen MR) is 104 cm³/mol. The van der Waals surface area contributed by atoms with Gasteiger partial charge in [0.1, 0.15) is 0 Å². The molecule has 3 fully saturated rings. The van der Waals surface area contributed by atoms with E-state index in [4.69, 9.17) is 0 Å². The van der Waals surface area contributed by atoms with Gasteiger partial charge in [0.2, 0.25) is 5.91 Å². The van der Waals surface area contributed by atoms with Crippen molar-refractivity contribution >= 4 is 22.7 Å². The van der Waals surface area contributed by atoms with E-state index >= 15 is 0 Å². The van der Waals surface area contributed by atoms with E-state index in [-0.39, 0.29) is 17.9 Å². The van der Waals surface area contributed by atoms with Gasteiger partial charge in [0.05, 0.1) is 11.9 Å². The van der Waals surface area contributed by atoms with Crippen molar-refractivity contribution in [3.63, 3.8) is 0 Å². The van der Waals surface area contributed by atoms with Crippen molar-refractivity contribution in [2.45, 2.75) is 38.6 Å². The molecule has 0 aliphatic carbocycles. The van der Waals surface area contributed by atoms with Crippen LogP contribution in [0.15, 0.2) is 18.2 Å². The summed E-state index contributed by atoms with van der Waals surface area (Å²) in [5.41, 5.74) is 2.11. The molecule has 2 bridgehead atoms. The number of hydrogen-bond acceptors (Lipinski definition) is 4. The number of aromatic amines is 1. The third kappa shape index (κ3) is 3.83. The molecule has 1 aromatic heterocycles. The second-order valence-corrected chi connectivity index (χ2v) is 7.70. The molecule has 4 heterocycles. The number of nitrogens with zero attached hydrogens (tertiary/aromatic N) is 2. The number of carbonyl (C=O) groups is 2. The zero-order valence-corrected chi connectivity index (χ0v) is 15.8. The minimum atomic E-state index is -0.132. The van der Waals surface area contributed by atoms with Crippen molar-refractivity contribution in [1.29, 1.82) is 0 Å². The van der Waals surface area contributed by atoms with Crippen molar-refractivity contribution in [2.24, 2.45) is 5.92 Å². The van der Waals surface area contributed by atoms with E-state index in [0.717, 1.165) is 55.4 Å². The first-order valence-electron chi connectivity index (χ1n) is 9.91. The molecule has 3 aliphatic rings. The lowest BCUT2D eigenvalue weighted by Gasteiger charge is -2.44. The molecule has 1 aromatic carbocycles. The SMILES string of the molecule is CCCNC(=O)Cc1ccc2[nH]nc(C(=O)N[C@H]3CN4CCC3CC4)c2c1. The topological polar surface area (TPSA) is 90.1 Å². The van der Waals surface area contributed by atoms with Crippen LogP contribution in [0.2, 0.25) is 0 Å². The molecule has 7 heteroatoms. The largest absolute Gasteiger partial charge is 0.356 e. The van der Waals surface area contributed by atoms with Crippen molar-refractivity contribution < 1.29 is 9.59 Å². The van der Waals surface area contributed by atoms with E-state index in [1.165, 1.54) is 0 Å². The third-order valence-electron chi connectivity index (χ3n) is 5.75. The fourth-order valence-corrected chi connectivity index (χ4v) is 4.22. The number of hydrogen-bond donors (Lipinski definition) is 3. The molecule has 3 saturated heterocycles. The lowest BCUT2D eigenvalue weighted by molar-refractivity contribution is -0.120. The van der Waals surface area contributed by atoms with Gasteiger partial charge in [0.25, 0.3) is 5.91 Å². The maximum atomic E-state index is 12.8. The van der Waals surface area contributed by atoms with Crippen molar-refractivity contribution in [3.05, 3.63) is 29.5 Å². The fraction of sp³-hybridized carbons (Fsp3) is 0.550. The molecule has 2 aromatic rings. The molecule has 1 atom stereocenters. The first kappa shape index (κ1) is 18.0. The zero-order chi connectivity index (χ0) is 18.8. The quantitative estimate of drug-likeness (QED) is 0.719. The van der Waals surface area contributed by atoms with Crippen LogP contribution in [-0.4, -0.2) is 59.1 Å². The number of fused-ring (bicyclic) bond motifs is 4. The van der Waals surface area contributed by atoms with Gasteiger partial charge in [-0.1, -0.05) is 13.0 Å². The highest BCUT2D eigenvalue weighted by molar-refractivity contribution is 6.05. The van der Waals surface area contributed by atoms with Crippen molar-refractivity contribution in [1.82, 2.24) is 25.7 Å². The van der Waals surface area contributed by atoms with Crippen LogP contribution in [-0.2, 0) is 11.2 Å². The summed E-state index contributed by atoms with van der Waals surface area (Å²) >= 11 is 0. The minimum Gasteiger partial charge on any atom is -0.356 e. The van der Waals surface area contributed by atoms with Crippen LogP contribution >= 0.6 is 0 Å². The molecule has 3 N–H and O–H groups in total. The van der Waals surface area contributed by atoms with Crippen LogP contribution in [0.25, 0.3) is 10.9 Å². The maximum absolute atomic E-state index is 12.8. The first-order chi connectivity index (χ1) is 13.1. The van der Waals surface area contributed by atoms with Crippen LogP contribution in [0.3, 0.4) is 0 Å². The molecule has 5 rings (SSSR count). The Morgan fingerprint density at radius 1 is 1.30 bits per heavy atom. The third-order valence-corrected chi connectivity index (χ3v) is 5.75. The molecular weight excluding hydrogens is 342 g/mol. The molecule has 27 heavy (non-hydrogen) atoms. The Balaban J connectivity index is 1.48. The molecule has 0 spiro atoms. The lowest BCUT2D eigenvalue weighted by Crippen LogP contribution is -2.57. The van der Waals surface area contributed by atoms with E-state index in [1.54, 1.807) is 0 Å². The van der Waals surface area contributed by atoms with Crippen molar-refractivity contribution in [2.75, 3.05) is 26.2 Å². The van der Waals surface area contributed by atoms with Crippen LogP contribution < -0.4 is 10.6 Å². The van der Waals surface area contributed by atoms with E-state index in [0.29, 0.717) is 24.6 Å². The van der Waals surface area contributed by atoms with Gasteiger partial charge in [-0.2, -0.15) is 5.10 Å². The summed E-state index contributed by atoms with van der Waals surface area (Å²) in [5.74, 6) is 0.438. The highest BCUT2D eigenvalue weighted by Crippen LogP contribution is 2.28. The highest BCUT2D eigenvalue weighted by Gasteiger charge is 2.35. The highest BCUT2D eigenvalue weighted by atomic mass is 16.2. The Labute approximate surface area is 158 Å². The summed E-state index contributed by atoms with van der Waals surface area (Å²) < 4.78 is 0. The number of benzene rings is 1. The van der Waals surface area contributed by atoms with E-state index in [9.17, 15) is 9.59 Å². The summed E-state index contributed by atoms with van der Waals surface area (Å²) in [6, 6.07) is 5.89. The van der Waals surface area contributed by atoms with Gasteiger partial charge in [0.15, 0.2) is 5.69 Å². The second kappa shape index (κ2) is 7.68. The van der Waals surface area contributed by atoms with Crippen molar-refractivity contribution in [3.8, 4) is 0 Å². The smallest absolute Gasteiger partial charge is 0.272 e. The summed E-state index contributed by atoms with van der Waals surface area (Å²) in [7, 11) is 0. The Hall–Kier alpha value is -2.41. The molecule has 0 saturated carbocycles.